The fraction of sp³-hybridized carbons (Fsp3) is 0.462. The Balaban J connectivity index is 1.65. The van der Waals surface area contributed by atoms with E-state index in [4.69, 9.17) is 15.2 Å². The number of primary amides is 1. The van der Waals surface area contributed by atoms with Crippen LogP contribution in [0.5, 0.6) is 11.5 Å². The fourth-order valence-electron chi connectivity index (χ4n) is 5.03. The molecule has 0 unspecified atom stereocenters. The number of fused-ring (bicyclic) bond motifs is 1. The Morgan fingerprint density at radius 2 is 1.79 bits per heavy atom. The van der Waals surface area contributed by atoms with Crippen LogP contribution in [-0.4, -0.2) is 68.6 Å². The van der Waals surface area contributed by atoms with E-state index in [0.29, 0.717) is 24.5 Å². The number of methoxy groups -OCH3 is 2. The van der Waals surface area contributed by atoms with Gasteiger partial charge < -0.3 is 29.9 Å². The number of carbonyl (C=O) groups is 2. The Bertz CT molecular complexity index is 1050. The number of nitrogens with two attached hydrogens (primary N) is 1. The molecule has 0 bridgehead atoms. The summed E-state index contributed by atoms with van der Waals surface area (Å²) in [7, 11) is 3.17. The van der Waals surface area contributed by atoms with E-state index < -0.39 is 0 Å². The van der Waals surface area contributed by atoms with Crippen molar-refractivity contribution in [1.82, 2.24) is 9.80 Å². The van der Waals surface area contributed by atoms with Crippen LogP contribution in [-0.2, 0) is 11.3 Å². The molecule has 2 aromatic carbocycles. The fourth-order valence-corrected chi connectivity index (χ4v) is 5.03. The van der Waals surface area contributed by atoms with Gasteiger partial charge in [-0.3, -0.25) is 9.59 Å². The van der Waals surface area contributed by atoms with Crippen molar-refractivity contribution in [2.24, 2.45) is 5.73 Å². The van der Waals surface area contributed by atoms with Crippen LogP contribution >= 0.6 is 0 Å². The number of hydrogen-bond donors (Lipinski definition) is 1. The molecule has 8 heteroatoms. The number of likely N-dealkylation sites (N-methyl/N-ethyl adjacent to an activating group) is 1. The molecule has 2 aromatic rings. The molecule has 2 aliphatic heterocycles. The summed E-state index contributed by atoms with van der Waals surface area (Å²) in [5, 5.41) is 0. The molecule has 0 spiro atoms. The molecule has 1 saturated heterocycles. The lowest BCUT2D eigenvalue weighted by molar-refractivity contribution is -0.118. The second kappa shape index (κ2) is 10.3. The molecule has 182 valence electrons. The lowest BCUT2D eigenvalue weighted by Crippen LogP contribution is -2.46. The van der Waals surface area contributed by atoms with Gasteiger partial charge in [0.05, 0.1) is 20.3 Å². The predicted octanol–water partition coefficient (Wildman–Crippen LogP) is 2.81. The van der Waals surface area contributed by atoms with Crippen molar-refractivity contribution >= 4 is 17.5 Å². The first-order chi connectivity index (χ1) is 16.5. The Kier molecular flexibility index (Phi) is 7.26. The zero-order valence-corrected chi connectivity index (χ0v) is 20.3. The Morgan fingerprint density at radius 1 is 1.06 bits per heavy atom. The van der Waals surface area contributed by atoms with E-state index in [1.807, 2.05) is 35.2 Å². The highest BCUT2D eigenvalue weighted by Gasteiger charge is 2.36. The first kappa shape index (κ1) is 23.9. The monoisotopic (exact) mass is 466 g/mol. The number of nitrogens with zero attached hydrogens (tertiary/aromatic N) is 3. The maximum absolute atomic E-state index is 13.6. The van der Waals surface area contributed by atoms with Crippen molar-refractivity contribution < 1.29 is 19.1 Å². The van der Waals surface area contributed by atoms with Crippen LogP contribution < -0.4 is 20.1 Å². The van der Waals surface area contributed by atoms with Gasteiger partial charge in [-0.15, -0.1) is 0 Å². The van der Waals surface area contributed by atoms with Gasteiger partial charge in [0, 0.05) is 56.0 Å². The first-order valence-corrected chi connectivity index (χ1v) is 11.9. The molecule has 1 fully saturated rings. The zero-order valence-electron chi connectivity index (χ0n) is 20.3. The molecular formula is C26H34N4O4. The highest BCUT2D eigenvalue weighted by molar-refractivity contribution is 6.00. The Morgan fingerprint density at radius 3 is 2.44 bits per heavy atom. The average molecular weight is 467 g/mol. The topological polar surface area (TPSA) is 88.3 Å². The molecule has 0 saturated carbocycles. The molecule has 2 heterocycles. The van der Waals surface area contributed by atoms with Crippen molar-refractivity contribution in [3.63, 3.8) is 0 Å². The van der Waals surface area contributed by atoms with Gasteiger partial charge in [-0.05, 0) is 42.8 Å². The number of amides is 2. The minimum Gasteiger partial charge on any atom is -0.493 e. The van der Waals surface area contributed by atoms with Crippen molar-refractivity contribution in [3.05, 3.63) is 53.1 Å². The average Bonchev–Trinajstić information content (AvgIpc) is 3.20. The maximum atomic E-state index is 13.6. The molecule has 8 nitrogen and oxygen atoms in total. The number of carbonyl (C=O) groups excluding carboxylic acids is 2. The summed E-state index contributed by atoms with van der Waals surface area (Å²) in [5.74, 6) is 0.796. The zero-order chi connectivity index (χ0) is 24.2. The number of benzene rings is 2. The van der Waals surface area contributed by atoms with E-state index >= 15 is 0 Å². The lowest BCUT2D eigenvalue weighted by atomic mass is 9.99. The second-order valence-corrected chi connectivity index (χ2v) is 8.79. The van der Waals surface area contributed by atoms with Crippen molar-refractivity contribution in [1.29, 1.82) is 0 Å². The van der Waals surface area contributed by atoms with Gasteiger partial charge in [0.1, 0.15) is 0 Å². The van der Waals surface area contributed by atoms with Gasteiger partial charge in [0.25, 0.3) is 5.91 Å². The normalized spacial score (nSPS) is 17.0. The summed E-state index contributed by atoms with van der Waals surface area (Å²) in [6, 6.07) is 11.3. The van der Waals surface area contributed by atoms with E-state index in [1.54, 1.807) is 14.2 Å². The number of rotatable bonds is 9. The summed E-state index contributed by atoms with van der Waals surface area (Å²) in [6.07, 6.45) is 0.625. The highest BCUT2D eigenvalue weighted by atomic mass is 16.5. The number of hydrogen-bond acceptors (Lipinski definition) is 6. The number of ether oxygens (including phenoxy) is 2. The van der Waals surface area contributed by atoms with Gasteiger partial charge in [0.2, 0.25) is 5.91 Å². The van der Waals surface area contributed by atoms with Gasteiger partial charge in [-0.2, -0.15) is 0 Å². The maximum Gasteiger partial charge on any atom is 0.255 e. The Labute approximate surface area is 201 Å². The summed E-state index contributed by atoms with van der Waals surface area (Å²) in [6.45, 7) is 7.66. The second-order valence-electron chi connectivity index (χ2n) is 8.79. The summed E-state index contributed by atoms with van der Waals surface area (Å²) in [4.78, 5) is 31.9. The third-order valence-corrected chi connectivity index (χ3v) is 6.96. The SMILES string of the molecule is CCN1CCN(c2cccc3c2CN([C@H](CCC(N)=O)c2ccc(OC)c(OC)c2)C3=O)CC1. The molecule has 0 radical (unpaired) electrons. The van der Waals surface area contributed by atoms with Gasteiger partial charge in [0.15, 0.2) is 11.5 Å². The molecule has 0 aromatic heterocycles. The minimum absolute atomic E-state index is 0.0201. The number of anilines is 1. The molecule has 1 atom stereocenters. The van der Waals surface area contributed by atoms with E-state index in [0.717, 1.165) is 55.1 Å². The van der Waals surface area contributed by atoms with Crippen LogP contribution in [0.3, 0.4) is 0 Å². The van der Waals surface area contributed by atoms with Crippen LogP contribution in [0.4, 0.5) is 5.69 Å². The molecule has 2 aliphatic rings. The summed E-state index contributed by atoms with van der Waals surface area (Å²) < 4.78 is 10.9. The standard InChI is InChI=1S/C26H34N4O4/c1-4-28-12-14-29(15-13-28)22-7-5-6-19-20(22)17-30(26(19)32)21(9-11-25(27)31)18-8-10-23(33-2)24(16-18)34-3/h5-8,10,16,21H,4,9,11-15,17H2,1-3H3,(H2,27,31)/t21-/m1/s1. The third kappa shape index (κ3) is 4.68. The first-order valence-electron chi connectivity index (χ1n) is 11.9. The molecular weight excluding hydrogens is 432 g/mol. The van der Waals surface area contributed by atoms with Gasteiger partial charge in [-0.1, -0.05) is 19.1 Å². The molecule has 0 aliphatic carbocycles. The van der Waals surface area contributed by atoms with Crippen molar-refractivity contribution in [2.75, 3.05) is 51.8 Å². The van der Waals surface area contributed by atoms with Crippen LogP contribution in [0.2, 0.25) is 0 Å². The minimum atomic E-state index is -0.385. The quantitative estimate of drug-likeness (QED) is 0.612. The molecule has 34 heavy (non-hydrogen) atoms. The molecule has 2 amide bonds. The van der Waals surface area contributed by atoms with E-state index in [9.17, 15) is 9.59 Å². The summed E-state index contributed by atoms with van der Waals surface area (Å²) >= 11 is 0. The van der Waals surface area contributed by atoms with Crippen molar-refractivity contribution in [3.8, 4) is 11.5 Å². The van der Waals surface area contributed by atoms with Crippen LogP contribution in [0.25, 0.3) is 0 Å². The smallest absolute Gasteiger partial charge is 0.255 e. The lowest BCUT2D eigenvalue weighted by Gasteiger charge is -2.36. The highest BCUT2D eigenvalue weighted by Crippen LogP contribution is 2.40. The predicted molar refractivity (Wildman–Crippen MR) is 131 cm³/mol. The van der Waals surface area contributed by atoms with Crippen LogP contribution in [0.15, 0.2) is 36.4 Å². The Hall–Kier alpha value is -3.26. The molecule has 4 rings (SSSR count). The van der Waals surface area contributed by atoms with E-state index in [1.165, 1.54) is 0 Å². The van der Waals surface area contributed by atoms with Crippen LogP contribution in [0.1, 0.15) is 47.3 Å². The molecule has 2 N–H and O–H groups in total. The largest absolute Gasteiger partial charge is 0.493 e. The number of piperazine rings is 1. The van der Waals surface area contributed by atoms with Gasteiger partial charge >= 0.3 is 0 Å². The van der Waals surface area contributed by atoms with E-state index in [-0.39, 0.29) is 24.3 Å². The summed E-state index contributed by atoms with van der Waals surface area (Å²) in [5.41, 5.74) is 9.29. The van der Waals surface area contributed by atoms with Crippen LogP contribution in [0, 0.1) is 0 Å². The van der Waals surface area contributed by atoms with Crippen molar-refractivity contribution in [2.45, 2.75) is 32.4 Å². The third-order valence-electron chi connectivity index (χ3n) is 6.96. The van der Waals surface area contributed by atoms with E-state index in [2.05, 4.69) is 22.8 Å². The van der Waals surface area contributed by atoms with Gasteiger partial charge in [-0.25, -0.2) is 0 Å².